The average molecular weight is 380 g/mol. The molecule has 26 heavy (non-hydrogen) atoms. The number of rotatable bonds is 14. The SMILES string of the molecule is CCCCCCCCCCCCC(NC(C)=O)c1coc([Si](C)(C)C)c1. The molecule has 0 radical (unpaired) electrons. The molecule has 0 bridgehead atoms. The molecular weight excluding hydrogens is 338 g/mol. The lowest BCUT2D eigenvalue weighted by atomic mass is 10.0. The van der Waals surface area contributed by atoms with E-state index in [1.807, 2.05) is 6.26 Å². The number of carbonyl (C=O) groups excluding carboxylic acids is 1. The van der Waals surface area contributed by atoms with E-state index in [1.165, 1.54) is 57.8 Å². The maximum Gasteiger partial charge on any atom is 0.217 e. The lowest BCUT2D eigenvalue weighted by Gasteiger charge is -2.16. The van der Waals surface area contributed by atoms with Crippen molar-refractivity contribution in [3.63, 3.8) is 0 Å². The van der Waals surface area contributed by atoms with Gasteiger partial charge in [0.25, 0.3) is 0 Å². The van der Waals surface area contributed by atoms with E-state index in [-0.39, 0.29) is 11.9 Å². The van der Waals surface area contributed by atoms with Gasteiger partial charge in [0, 0.05) is 12.5 Å². The van der Waals surface area contributed by atoms with Crippen molar-refractivity contribution in [2.24, 2.45) is 0 Å². The van der Waals surface area contributed by atoms with Gasteiger partial charge in [-0.3, -0.25) is 4.79 Å². The predicted octanol–water partition coefficient (Wildman–Crippen LogP) is 6.31. The Kier molecular flexibility index (Phi) is 10.9. The monoisotopic (exact) mass is 379 g/mol. The first-order chi connectivity index (χ1) is 12.3. The molecule has 1 unspecified atom stereocenters. The molecule has 1 N–H and O–H groups in total. The summed E-state index contributed by atoms with van der Waals surface area (Å²) in [5.41, 5.74) is 1.13. The molecule has 3 nitrogen and oxygen atoms in total. The van der Waals surface area contributed by atoms with Gasteiger partial charge in [0.15, 0.2) is 0 Å². The summed E-state index contributed by atoms with van der Waals surface area (Å²) in [4.78, 5) is 11.6. The molecule has 1 heterocycles. The maximum absolute atomic E-state index is 11.6. The van der Waals surface area contributed by atoms with E-state index in [0.717, 1.165) is 23.8 Å². The van der Waals surface area contributed by atoms with Gasteiger partial charge in [-0.1, -0.05) is 90.8 Å². The Morgan fingerprint density at radius 3 is 2.00 bits per heavy atom. The molecule has 4 heteroatoms. The van der Waals surface area contributed by atoms with Gasteiger partial charge >= 0.3 is 0 Å². The number of amides is 1. The smallest absolute Gasteiger partial charge is 0.217 e. The summed E-state index contributed by atoms with van der Waals surface area (Å²) < 4.78 is 5.80. The van der Waals surface area contributed by atoms with E-state index in [4.69, 9.17) is 4.42 Å². The Labute approximate surface area is 162 Å². The summed E-state index contributed by atoms with van der Waals surface area (Å²) in [5, 5.41) is 4.22. The maximum atomic E-state index is 11.6. The molecular formula is C22H41NO2Si. The van der Waals surface area contributed by atoms with Crippen molar-refractivity contribution in [2.75, 3.05) is 0 Å². The number of hydrogen-bond donors (Lipinski definition) is 1. The minimum absolute atomic E-state index is 0.0397. The van der Waals surface area contributed by atoms with Crippen LogP contribution in [0.1, 0.15) is 96.1 Å². The largest absolute Gasteiger partial charge is 0.474 e. The van der Waals surface area contributed by atoms with Crippen molar-refractivity contribution in [3.8, 4) is 0 Å². The highest BCUT2D eigenvalue weighted by Crippen LogP contribution is 2.22. The van der Waals surface area contributed by atoms with E-state index < -0.39 is 8.07 Å². The van der Waals surface area contributed by atoms with E-state index in [1.54, 1.807) is 6.92 Å². The quantitative estimate of drug-likeness (QED) is 0.304. The van der Waals surface area contributed by atoms with Gasteiger partial charge in [0.05, 0.1) is 17.7 Å². The second kappa shape index (κ2) is 12.4. The summed E-state index contributed by atoms with van der Waals surface area (Å²) in [6.45, 7) is 10.7. The number of furan rings is 1. The highest BCUT2D eigenvalue weighted by molar-refractivity contribution is 6.87. The first-order valence-electron chi connectivity index (χ1n) is 10.7. The number of unbranched alkanes of at least 4 members (excludes halogenated alkanes) is 9. The van der Waals surface area contributed by atoms with Gasteiger partial charge in [0.2, 0.25) is 5.91 Å². The van der Waals surface area contributed by atoms with Crippen molar-refractivity contribution in [1.29, 1.82) is 0 Å². The van der Waals surface area contributed by atoms with Gasteiger partial charge in [0.1, 0.15) is 8.07 Å². The Morgan fingerprint density at radius 1 is 1.00 bits per heavy atom. The minimum atomic E-state index is -1.44. The number of nitrogens with one attached hydrogen (secondary N) is 1. The Bertz CT molecular complexity index is 504. The Hall–Kier alpha value is -1.03. The van der Waals surface area contributed by atoms with Crippen LogP contribution in [0.25, 0.3) is 0 Å². The third-order valence-corrected chi connectivity index (χ3v) is 6.73. The predicted molar refractivity (Wildman–Crippen MR) is 115 cm³/mol. The second-order valence-electron chi connectivity index (χ2n) is 8.72. The lowest BCUT2D eigenvalue weighted by molar-refractivity contribution is -0.119. The third-order valence-electron chi connectivity index (χ3n) is 4.99. The van der Waals surface area contributed by atoms with Crippen LogP contribution in [0, 0.1) is 0 Å². The van der Waals surface area contributed by atoms with Crippen LogP contribution >= 0.6 is 0 Å². The van der Waals surface area contributed by atoms with Crippen molar-refractivity contribution in [2.45, 2.75) is 110 Å². The first-order valence-corrected chi connectivity index (χ1v) is 14.2. The number of carbonyl (C=O) groups is 1. The zero-order valence-electron chi connectivity index (χ0n) is 17.8. The molecule has 0 saturated heterocycles. The van der Waals surface area contributed by atoms with Crippen LogP contribution in [0.4, 0.5) is 0 Å². The summed E-state index contributed by atoms with van der Waals surface area (Å²) in [7, 11) is -1.44. The van der Waals surface area contributed by atoms with Gasteiger partial charge < -0.3 is 9.73 Å². The Morgan fingerprint density at radius 2 is 1.54 bits per heavy atom. The zero-order valence-corrected chi connectivity index (χ0v) is 18.8. The normalized spacial score (nSPS) is 13.0. The molecule has 150 valence electrons. The van der Waals surface area contributed by atoms with E-state index in [2.05, 4.69) is 37.9 Å². The van der Waals surface area contributed by atoms with Crippen molar-refractivity contribution < 1.29 is 9.21 Å². The molecule has 0 aromatic carbocycles. The molecule has 0 saturated carbocycles. The van der Waals surface area contributed by atoms with E-state index >= 15 is 0 Å². The zero-order chi connectivity index (χ0) is 19.4. The van der Waals surface area contributed by atoms with Crippen LogP contribution in [-0.4, -0.2) is 14.0 Å². The van der Waals surface area contributed by atoms with Crippen LogP contribution in [0.3, 0.4) is 0 Å². The highest BCUT2D eigenvalue weighted by atomic mass is 28.3. The first kappa shape index (κ1) is 23.0. The fraction of sp³-hybridized carbons (Fsp3) is 0.773. The average Bonchev–Trinajstić information content (AvgIpc) is 3.05. The molecule has 1 aromatic rings. The highest BCUT2D eigenvalue weighted by Gasteiger charge is 2.23. The summed E-state index contributed by atoms with van der Waals surface area (Å²) in [5.74, 6) is 0.0397. The molecule has 1 amide bonds. The standard InChI is InChI=1S/C22H41NO2Si/c1-6-7-8-9-10-11-12-13-14-15-16-21(23-19(2)24)20-17-22(25-18-20)26(3,4)5/h17-18,21H,6-16H2,1-5H3,(H,23,24). The molecule has 0 aliphatic rings. The van der Waals surface area contributed by atoms with Crippen molar-refractivity contribution in [1.82, 2.24) is 5.32 Å². The van der Waals surface area contributed by atoms with Gasteiger partial charge in [-0.05, 0) is 12.5 Å². The fourth-order valence-corrected chi connectivity index (χ4v) is 4.34. The van der Waals surface area contributed by atoms with E-state index in [9.17, 15) is 4.79 Å². The van der Waals surface area contributed by atoms with Crippen LogP contribution in [0.15, 0.2) is 16.7 Å². The number of hydrogen-bond acceptors (Lipinski definition) is 2. The van der Waals surface area contributed by atoms with Crippen LogP contribution in [-0.2, 0) is 4.79 Å². The van der Waals surface area contributed by atoms with Gasteiger partial charge in [-0.2, -0.15) is 0 Å². The summed E-state index contributed by atoms with van der Waals surface area (Å²) in [6, 6.07) is 2.26. The topological polar surface area (TPSA) is 42.2 Å². The molecule has 1 aromatic heterocycles. The third kappa shape index (κ3) is 9.61. The minimum Gasteiger partial charge on any atom is -0.474 e. The van der Waals surface area contributed by atoms with Crippen molar-refractivity contribution in [3.05, 3.63) is 17.9 Å². The molecule has 0 spiro atoms. The molecule has 1 rings (SSSR count). The molecule has 0 fully saturated rings. The summed E-state index contributed by atoms with van der Waals surface area (Å²) >= 11 is 0. The van der Waals surface area contributed by atoms with Crippen LogP contribution in [0.2, 0.25) is 19.6 Å². The summed E-state index contributed by atoms with van der Waals surface area (Å²) in [6.07, 6.45) is 16.2. The second-order valence-corrected chi connectivity index (χ2v) is 13.7. The van der Waals surface area contributed by atoms with Gasteiger partial charge in [-0.15, -0.1) is 0 Å². The van der Waals surface area contributed by atoms with Crippen LogP contribution < -0.4 is 10.7 Å². The lowest BCUT2D eigenvalue weighted by Crippen LogP contribution is -2.36. The molecule has 1 atom stereocenters. The fourth-order valence-electron chi connectivity index (χ4n) is 3.33. The molecule has 0 aliphatic heterocycles. The molecule has 0 aliphatic carbocycles. The Balaban J connectivity index is 2.31. The van der Waals surface area contributed by atoms with Gasteiger partial charge in [-0.25, -0.2) is 0 Å². The van der Waals surface area contributed by atoms with Crippen LogP contribution in [0.5, 0.6) is 0 Å². The van der Waals surface area contributed by atoms with E-state index in [0.29, 0.717) is 0 Å². The van der Waals surface area contributed by atoms with Crippen molar-refractivity contribution >= 4 is 19.4 Å².